The van der Waals surface area contributed by atoms with Crippen LogP contribution in [0.4, 0.5) is 0 Å². The van der Waals surface area contributed by atoms with Crippen LogP contribution in [0.25, 0.3) is 0 Å². The molecule has 0 N–H and O–H groups in total. The van der Waals surface area contributed by atoms with Crippen molar-refractivity contribution in [2.24, 2.45) is 0 Å². The smallest absolute Gasteiger partial charge is 0.124 e. The number of rotatable bonds is 8. The third-order valence-corrected chi connectivity index (χ3v) is 4.24. The topological polar surface area (TPSA) is 35.5 Å². The van der Waals surface area contributed by atoms with Crippen molar-refractivity contribution in [1.82, 2.24) is 0 Å². The SMILES string of the molecule is COc1ccc(Cc2ccc(CC=O)cc2OCc2ccccc2)cc1. The molecule has 0 spiro atoms. The van der Waals surface area contributed by atoms with E-state index in [0.29, 0.717) is 13.0 Å². The molecule has 3 aromatic carbocycles. The van der Waals surface area contributed by atoms with Gasteiger partial charge in [0.15, 0.2) is 0 Å². The molecule has 0 atom stereocenters. The van der Waals surface area contributed by atoms with Crippen molar-refractivity contribution in [3.8, 4) is 11.5 Å². The van der Waals surface area contributed by atoms with E-state index < -0.39 is 0 Å². The predicted molar refractivity (Wildman–Crippen MR) is 103 cm³/mol. The van der Waals surface area contributed by atoms with Crippen molar-refractivity contribution in [2.45, 2.75) is 19.4 Å². The standard InChI is InChI=1S/C23H22O3/c1-25-22-11-8-18(9-12-22)15-21-10-7-19(13-14-24)16-23(21)26-17-20-5-3-2-4-6-20/h2-12,14,16H,13,15,17H2,1H3. The maximum Gasteiger partial charge on any atom is 0.124 e. The summed E-state index contributed by atoms with van der Waals surface area (Å²) >= 11 is 0. The van der Waals surface area contributed by atoms with Crippen LogP contribution in [-0.4, -0.2) is 13.4 Å². The second-order valence-corrected chi connectivity index (χ2v) is 6.11. The summed E-state index contributed by atoms with van der Waals surface area (Å²) in [6.07, 6.45) is 2.07. The Labute approximate surface area is 154 Å². The van der Waals surface area contributed by atoms with Crippen LogP contribution in [0, 0.1) is 0 Å². The molecule has 3 aromatic rings. The normalized spacial score (nSPS) is 10.3. The first-order chi connectivity index (χ1) is 12.8. The molecule has 0 radical (unpaired) electrons. The van der Waals surface area contributed by atoms with Crippen LogP contribution in [-0.2, 0) is 24.2 Å². The number of benzene rings is 3. The first-order valence-electron chi connectivity index (χ1n) is 8.63. The minimum atomic E-state index is 0.393. The summed E-state index contributed by atoms with van der Waals surface area (Å²) in [6, 6.07) is 24.1. The van der Waals surface area contributed by atoms with E-state index in [2.05, 4.69) is 12.1 Å². The van der Waals surface area contributed by atoms with E-state index >= 15 is 0 Å². The van der Waals surface area contributed by atoms with Gasteiger partial charge in [0.1, 0.15) is 24.4 Å². The Bertz CT molecular complexity index is 839. The van der Waals surface area contributed by atoms with Crippen LogP contribution < -0.4 is 9.47 Å². The fourth-order valence-corrected chi connectivity index (χ4v) is 2.80. The van der Waals surface area contributed by atoms with E-state index in [1.165, 1.54) is 5.56 Å². The maximum atomic E-state index is 10.8. The quantitative estimate of drug-likeness (QED) is 0.559. The molecular weight excluding hydrogens is 324 g/mol. The lowest BCUT2D eigenvalue weighted by Gasteiger charge is -2.13. The van der Waals surface area contributed by atoms with Gasteiger partial charge < -0.3 is 14.3 Å². The summed E-state index contributed by atoms with van der Waals surface area (Å²) in [5, 5.41) is 0. The van der Waals surface area contributed by atoms with E-state index in [0.717, 1.165) is 40.9 Å². The Kier molecular flexibility index (Phi) is 6.05. The zero-order chi connectivity index (χ0) is 18.2. The van der Waals surface area contributed by atoms with Gasteiger partial charge in [-0.3, -0.25) is 0 Å². The minimum Gasteiger partial charge on any atom is -0.497 e. The van der Waals surface area contributed by atoms with Crippen LogP contribution in [0.1, 0.15) is 22.3 Å². The molecule has 0 saturated carbocycles. The van der Waals surface area contributed by atoms with Gasteiger partial charge in [0.25, 0.3) is 0 Å². The molecule has 0 saturated heterocycles. The van der Waals surface area contributed by atoms with Crippen molar-refractivity contribution >= 4 is 6.29 Å². The number of hydrogen-bond donors (Lipinski definition) is 0. The third kappa shape index (κ3) is 4.73. The van der Waals surface area contributed by atoms with Gasteiger partial charge in [-0.1, -0.05) is 54.6 Å². The van der Waals surface area contributed by atoms with Crippen LogP contribution in [0.5, 0.6) is 11.5 Å². The first kappa shape index (κ1) is 17.7. The third-order valence-electron chi connectivity index (χ3n) is 4.24. The number of methoxy groups -OCH3 is 1. The summed E-state index contributed by atoms with van der Waals surface area (Å²) in [5.41, 5.74) is 4.35. The molecule has 0 amide bonds. The predicted octanol–water partition coefficient (Wildman–Crippen LogP) is 4.61. The van der Waals surface area contributed by atoms with E-state index in [9.17, 15) is 4.79 Å². The fraction of sp³-hybridized carbons (Fsp3) is 0.174. The van der Waals surface area contributed by atoms with E-state index in [4.69, 9.17) is 9.47 Å². The number of ether oxygens (including phenoxy) is 2. The Morgan fingerprint density at radius 1 is 0.846 bits per heavy atom. The summed E-state index contributed by atoms with van der Waals surface area (Å²) in [7, 11) is 1.66. The fourth-order valence-electron chi connectivity index (χ4n) is 2.80. The zero-order valence-corrected chi connectivity index (χ0v) is 14.9. The van der Waals surface area contributed by atoms with Gasteiger partial charge in [0.2, 0.25) is 0 Å². The lowest BCUT2D eigenvalue weighted by molar-refractivity contribution is -0.107. The highest BCUT2D eigenvalue weighted by atomic mass is 16.5. The molecule has 0 aliphatic rings. The molecule has 3 nitrogen and oxygen atoms in total. The molecule has 0 aromatic heterocycles. The summed E-state index contributed by atoms with van der Waals surface area (Å²) in [6.45, 7) is 0.501. The average Bonchev–Trinajstić information content (AvgIpc) is 2.69. The van der Waals surface area contributed by atoms with Gasteiger partial charge in [0.05, 0.1) is 7.11 Å². The second-order valence-electron chi connectivity index (χ2n) is 6.11. The van der Waals surface area contributed by atoms with Gasteiger partial charge in [0, 0.05) is 12.8 Å². The van der Waals surface area contributed by atoms with E-state index in [1.54, 1.807) is 7.11 Å². The van der Waals surface area contributed by atoms with Crippen molar-refractivity contribution in [2.75, 3.05) is 7.11 Å². The van der Waals surface area contributed by atoms with Gasteiger partial charge in [-0.2, -0.15) is 0 Å². The second kappa shape index (κ2) is 8.86. The summed E-state index contributed by atoms with van der Waals surface area (Å²) < 4.78 is 11.3. The molecular formula is C23H22O3. The highest BCUT2D eigenvalue weighted by Gasteiger charge is 2.08. The Hall–Kier alpha value is -3.07. The maximum absolute atomic E-state index is 10.8. The molecule has 3 rings (SSSR count). The lowest BCUT2D eigenvalue weighted by Crippen LogP contribution is -2.01. The number of hydrogen-bond acceptors (Lipinski definition) is 3. The first-order valence-corrected chi connectivity index (χ1v) is 8.63. The van der Waals surface area contributed by atoms with Gasteiger partial charge in [-0.25, -0.2) is 0 Å². The average molecular weight is 346 g/mol. The van der Waals surface area contributed by atoms with Crippen LogP contribution in [0.3, 0.4) is 0 Å². The van der Waals surface area contributed by atoms with Gasteiger partial charge in [-0.15, -0.1) is 0 Å². The van der Waals surface area contributed by atoms with E-state index in [1.807, 2.05) is 60.7 Å². The van der Waals surface area contributed by atoms with Crippen LogP contribution in [0.15, 0.2) is 72.8 Å². The molecule has 26 heavy (non-hydrogen) atoms. The van der Waals surface area contributed by atoms with Crippen LogP contribution >= 0.6 is 0 Å². The minimum absolute atomic E-state index is 0.393. The monoisotopic (exact) mass is 346 g/mol. The number of aldehydes is 1. The molecule has 0 fully saturated rings. The molecule has 0 aliphatic carbocycles. The number of carbonyl (C=O) groups is 1. The van der Waals surface area contributed by atoms with Crippen LogP contribution in [0.2, 0.25) is 0 Å². The van der Waals surface area contributed by atoms with Crippen molar-refractivity contribution in [3.05, 3.63) is 95.1 Å². The Morgan fingerprint density at radius 3 is 2.27 bits per heavy atom. The van der Waals surface area contributed by atoms with E-state index in [-0.39, 0.29) is 0 Å². The van der Waals surface area contributed by atoms with Crippen molar-refractivity contribution < 1.29 is 14.3 Å². The molecule has 132 valence electrons. The van der Waals surface area contributed by atoms with Gasteiger partial charge in [-0.05, 0) is 40.5 Å². The molecule has 0 bridgehead atoms. The Balaban J connectivity index is 1.81. The number of carbonyl (C=O) groups excluding carboxylic acids is 1. The zero-order valence-electron chi connectivity index (χ0n) is 14.9. The Morgan fingerprint density at radius 2 is 1.58 bits per heavy atom. The lowest BCUT2D eigenvalue weighted by atomic mass is 10.0. The molecule has 0 aliphatic heterocycles. The van der Waals surface area contributed by atoms with Gasteiger partial charge >= 0.3 is 0 Å². The van der Waals surface area contributed by atoms with Crippen molar-refractivity contribution in [1.29, 1.82) is 0 Å². The summed E-state index contributed by atoms with van der Waals surface area (Å²) in [5.74, 6) is 1.67. The molecule has 3 heteroatoms. The molecule has 0 unspecified atom stereocenters. The summed E-state index contributed by atoms with van der Waals surface area (Å²) in [4.78, 5) is 10.8. The highest BCUT2D eigenvalue weighted by molar-refractivity contribution is 5.56. The molecule has 0 heterocycles. The highest BCUT2D eigenvalue weighted by Crippen LogP contribution is 2.25. The van der Waals surface area contributed by atoms with Crippen molar-refractivity contribution in [3.63, 3.8) is 0 Å². The largest absolute Gasteiger partial charge is 0.497 e.